The lowest BCUT2D eigenvalue weighted by atomic mass is 10.3. The maximum Gasteiger partial charge on any atom is 0.323 e. The van der Waals surface area contributed by atoms with Crippen molar-refractivity contribution >= 4 is 23.1 Å². The van der Waals surface area contributed by atoms with Crippen LogP contribution in [0.3, 0.4) is 0 Å². The molecule has 10 nitrogen and oxygen atoms in total. The summed E-state index contributed by atoms with van der Waals surface area (Å²) in [5.74, 6) is 3.09. The van der Waals surface area contributed by atoms with Gasteiger partial charge in [-0.15, -0.1) is 0 Å². The second-order valence-electron chi connectivity index (χ2n) is 11.3. The van der Waals surface area contributed by atoms with Gasteiger partial charge in [0, 0.05) is 42.5 Å². The Morgan fingerprint density at radius 3 is 1.49 bits per heavy atom. The van der Waals surface area contributed by atoms with Crippen molar-refractivity contribution in [2.24, 2.45) is 0 Å². The molecule has 0 atom stereocenters. The number of nitrogens with zero attached hydrogens (tertiary/aromatic N) is 3. The number of benzene rings is 3. The molecule has 2 saturated heterocycles. The molecule has 6 rings (SSSR count). The number of hydrogen-bond acceptors (Lipinski definition) is 8. The van der Waals surface area contributed by atoms with Crippen LogP contribution >= 0.6 is 0 Å². The molecule has 47 heavy (non-hydrogen) atoms. The predicted molar refractivity (Wildman–Crippen MR) is 190 cm³/mol. The first kappa shape index (κ1) is 35.1. The zero-order valence-electron chi connectivity index (χ0n) is 26.3. The molecule has 0 aliphatic carbocycles. The van der Waals surface area contributed by atoms with Gasteiger partial charge in [0.1, 0.15) is 36.2 Å². The second-order valence-corrected chi connectivity index (χ2v) is 11.3. The van der Waals surface area contributed by atoms with Crippen LogP contribution in [0.25, 0.3) is 0 Å². The Morgan fingerprint density at radius 2 is 1.02 bits per heavy atom. The van der Waals surface area contributed by atoms with Gasteiger partial charge in [-0.1, -0.05) is 7.43 Å². The van der Waals surface area contributed by atoms with E-state index < -0.39 is 0 Å². The van der Waals surface area contributed by atoms with Crippen molar-refractivity contribution in [1.29, 1.82) is 0 Å². The molecule has 0 unspecified atom stereocenters. The minimum absolute atomic E-state index is 0. The number of ether oxygens (including phenoxy) is 3. The van der Waals surface area contributed by atoms with Crippen LogP contribution in [-0.4, -0.2) is 73.3 Å². The maximum absolute atomic E-state index is 12.3. The quantitative estimate of drug-likeness (QED) is 0.138. The van der Waals surface area contributed by atoms with E-state index in [2.05, 4.69) is 25.4 Å². The molecular weight excluding hydrogens is 592 g/mol. The van der Waals surface area contributed by atoms with E-state index in [0.717, 1.165) is 36.9 Å². The first-order valence-corrected chi connectivity index (χ1v) is 16.0. The summed E-state index contributed by atoms with van der Waals surface area (Å²) in [7, 11) is 0. The molecule has 0 saturated carbocycles. The lowest BCUT2D eigenvalue weighted by molar-refractivity contribution is 0.237. The smallest absolute Gasteiger partial charge is 0.323 e. The largest absolute Gasteiger partial charge is 0.492 e. The molecule has 10 heteroatoms. The molecular formula is C37H48N6O4. The van der Waals surface area contributed by atoms with Crippen LogP contribution in [0.4, 0.5) is 21.9 Å². The van der Waals surface area contributed by atoms with Crippen molar-refractivity contribution in [1.82, 2.24) is 14.8 Å². The molecule has 250 valence electrons. The van der Waals surface area contributed by atoms with Crippen LogP contribution in [-0.2, 0) is 0 Å². The lowest BCUT2D eigenvalue weighted by Crippen LogP contribution is -2.25. The molecule has 2 amide bonds. The Bertz CT molecular complexity index is 1440. The van der Waals surface area contributed by atoms with Crippen LogP contribution in [0.5, 0.6) is 23.0 Å². The number of urea groups is 1. The number of hydrogen-bond donors (Lipinski definition) is 3. The van der Waals surface area contributed by atoms with Gasteiger partial charge in [-0.05, 0) is 137 Å². The van der Waals surface area contributed by atoms with Gasteiger partial charge >= 0.3 is 6.03 Å². The number of nitrogens with one attached hydrogen (secondary N) is 2. The van der Waals surface area contributed by atoms with E-state index >= 15 is 0 Å². The highest BCUT2D eigenvalue weighted by Crippen LogP contribution is 2.23. The Balaban J connectivity index is 0.000000262. The van der Waals surface area contributed by atoms with Gasteiger partial charge in [-0.25, -0.2) is 4.79 Å². The van der Waals surface area contributed by atoms with E-state index in [4.69, 9.17) is 19.9 Å². The highest BCUT2D eigenvalue weighted by Gasteiger charge is 2.12. The molecule has 1 aromatic heterocycles. The van der Waals surface area contributed by atoms with Crippen molar-refractivity contribution in [2.75, 3.05) is 68.8 Å². The van der Waals surface area contributed by atoms with Crippen molar-refractivity contribution in [3.8, 4) is 23.0 Å². The van der Waals surface area contributed by atoms with E-state index in [1.807, 2.05) is 48.5 Å². The molecule has 4 N–H and O–H groups in total. The minimum atomic E-state index is -0.314. The van der Waals surface area contributed by atoms with Crippen LogP contribution in [0, 0.1) is 0 Å². The molecule has 0 radical (unpaired) electrons. The first-order valence-electron chi connectivity index (χ1n) is 16.0. The van der Waals surface area contributed by atoms with Crippen LogP contribution in [0.15, 0.2) is 97.3 Å². The fourth-order valence-corrected chi connectivity index (χ4v) is 5.24. The normalized spacial score (nSPS) is 14.3. The highest BCUT2D eigenvalue weighted by molar-refractivity contribution is 5.99. The summed E-state index contributed by atoms with van der Waals surface area (Å²) in [6.07, 6.45) is 8.58. The molecule has 0 bridgehead atoms. The molecule has 4 aromatic rings. The van der Waals surface area contributed by atoms with E-state index in [-0.39, 0.29) is 13.5 Å². The minimum Gasteiger partial charge on any atom is -0.492 e. The third kappa shape index (κ3) is 12.5. The maximum atomic E-state index is 12.3. The number of rotatable bonds is 12. The zero-order chi connectivity index (χ0) is 31.8. The number of carbonyl (C=O) groups excluding carboxylic acids is 1. The van der Waals surface area contributed by atoms with Gasteiger partial charge < -0.3 is 30.6 Å². The lowest BCUT2D eigenvalue weighted by Gasteiger charge is -2.15. The Kier molecular flexibility index (Phi) is 14.2. The van der Waals surface area contributed by atoms with Crippen molar-refractivity contribution in [3.63, 3.8) is 0 Å². The number of anilines is 3. The standard InChI is InChI=1S/C24H26N4O3.C12H18N2O.CH4/c29-24(27-20-5-9-22(10-6-20)31-23-11-13-25-14-12-23)26-19-3-7-21(8-4-19)30-18-17-28-15-1-2-16-28;13-11-3-5-12(6-4-11)15-10-9-14-7-1-2-8-14;/h3-14H,1-2,15-18H2,(H2,26,27,29);3-6H,1-2,7-10,13H2;1H4. The number of likely N-dealkylation sites (tertiary alicyclic amines) is 2. The molecule has 0 spiro atoms. The molecule has 2 aliphatic rings. The topological polar surface area (TPSA) is 114 Å². The van der Waals surface area contributed by atoms with Crippen LogP contribution < -0.4 is 30.6 Å². The van der Waals surface area contributed by atoms with Gasteiger partial charge in [-0.2, -0.15) is 0 Å². The summed E-state index contributed by atoms with van der Waals surface area (Å²) >= 11 is 0. The Hall–Kier alpha value is -4.80. The third-order valence-corrected chi connectivity index (χ3v) is 7.74. The summed E-state index contributed by atoms with van der Waals surface area (Å²) in [6, 6.07) is 25.4. The van der Waals surface area contributed by atoms with Gasteiger partial charge in [0.2, 0.25) is 0 Å². The van der Waals surface area contributed by atoms with Gasteiger partial charge in [-0.3, -0.25) is 14.8 Å². The van der Waals surface area contributed by atoms with Gasteiger partial charge in [0.15, 0.2) is 0 Å². The summed E-state index contributed by atoms with van der Waals surface area (Å²) in [6.45, 7) is 8.22. The van der Waals surface area contributed by atoms with Crippen LogP contribution in [0.2, 0.25) is 0 Å². The Morgan fingerprint density at radius 1 is 0.617 bits per heavy atom. The second kappa shape index (κ2) is 19.0. The van der Waals surface area contributed by atoms with Crippen molar-refractivity contribution in [2.45, 2.75) is 33.1 Å². The molecule has 3 heterocycles. The average molecular weight is 641 g/mol. The number of nitrogens with two attached hydrogens (primary N) is 1. The third-order valence-electron chi connectivity index (χ3n) is 7.74. The number of nitrogen functional groups attached to an aromatic ring is 1. The van der Waals surface area contributed by atoms with Gasteiger partial charge in [0.25, 0.3) is 0 Å². The van der Waals surface area contributed by atoms with Crippen molar-refractivity contribution in [3.05, 3.63) is 97.3 Å². The predicted octanol–water partition coefficient (Wildman–Crippen LogP) is 7.37. The summed E-state index contributed by atoms with van der Waals surface area (Å²) < 4.78 is 17.1. The number of carbonyl (C=O) groups is 1. The van der Waals surface area contributed by atoms with E-state index in [1.165, 1.54) is 51.9 Å². The van der Waals surface area contributed by atoms with E-state index in [0.29, 0.717) is 29.5 Å². The summed E-state index contributed by atoms with van der Waals surface area (Å²) in [5, 5.41) is 5.63. The summed E-state index contributed by atoms with van der Waals surface area (Å²) in [4.78, 5) is 21.1. The number of amides is 2. The highest BCUT2D eigenvalue weighted by atomic mass is 16.5. The fraction of sp³-hybridized carbons (Fsp3) is 0.351. The average Bonchev–Trinajstić information content (AvgIpc) is 3.80. The van der Waals surface area contributed by atoms with E-state index in [1.54, 1.807) is 48.8 Å². The Labute approximate surface area is 278 Å². The number of aromatic nitrogens is 1. The van der Waals surface area contributed by atoms with Crippen molar-refractivity contribution < 1.29 is 19.0 Å². The fourth-order valence-electron chi connectivity index (χ4n) is 5.24. The van der Waals surface area contributed by atoms with E-state index in [9.17, 15) is 4.79 Å². The summed E-state index contributed by atoms with van der Waals surface area (Å²) in [5.41, 5.74) is 7.73. The molecule has 3 aromatic carbocycles. The monoisotopic (exact) mass is 640 g/mol. The molecule has 2 aliphatic heterocycles. The zero-order valence-corrected chi connectivity index (χ0v) is 26.3. The number of pyridine rings is 1. The van der Waals surface area contributed by atoms with Crippen LogP contribution in [0.1, 0.15) is 33.1 Å². The first-order chi connectivity index (χ1) is 22.6. The van der Waals surface area contributed by atoms with Gasteiger partial charge in [0.05, 0.1) is 0 Å². The molecule has 2 fully saturated rings. The SMILES string of the molecule is C.Nc1ccc(OCCN2CCCC2)cc1.O=C(Nc1ccc(OCCN2CCCC2)cc1)Nc1ccc(Oc2ccncc2)cc1.